The molecule has 0 bridgehead atoms. The summed E-state index contributed by atoms with van der Waals surface area (Å²) in [6.45, 7) is 1.30. The van der Waals surface area contributed by atoms with Crippen molar-refractivity contribution < 1.29 is 4.39 Å². The molecule has 0 saturated heterocycles. The van der Waals surface area contributed by atoms with Crippen LogP contribution in [0.3, 0.4) is 0 Å². The van der Waals surface area contributed by atoms with E-state index < -0.39 is 0 Å². The Morgan fingerprint density at radius 2 is 1.60 bits per heavy atom. The normalized spacial score (nSPS) is 10.4. The average Bonchev–Trinajstić information content (AvgIpc) is 2.65. The topological polar surface area (TPSA) is 62.7 Å². The zero-order valence-electron chi connectivity index (χ0n) is 13.8. The maximum atomic E-state index is 13.6. The molecule has 0 aliphatic heterocycles. The second-order valence-electron chi connectivity index (χ2n) is 5.60. The van der Waals surface area contributed by atoms with Crippen LogP contribution in [0.5, 0.6) is 0 Å². The second-order valence-corrected chi connectivity index (χ2v) is 5.60. The monoisotopic (exact) mass is 337 g/mol. The average molecular weight is 337 g/mol. The van der Waals surface area contributed by atoms with Gasteiger partial charge in [-0.25, -0.2) is 4.39 Å². The minimum absolute atomic E-state index is 0.195. The van der Waals surface area contributed by atoms with Gasteiger partial charge in [0.05, 0.1) is 6.20 Å². The predicted molar refractivity (Wildman–Crippen MR) is 97.1 cm³/mol. The van der Waals surface area contributed by atoms with Crippen LogP contribution in [-0.4, -0.2) is 28.3 Å². The van der Waals surface area contributed by atoms with Gasteiger partial charge >= 0.3 is 0 Å². The molecule has 0 radical (unpaired) electrons. The molecule has 2 N–H and O–H groups in total. The van der Waals surface area contributed by atoms with Crippen molar-refractivity contribution >= 4 is 11.8 Å². The van der Waals surface area contributed by atoms with Gasteiger partial charge in [0.1, 0.15) is 5.82 Å². The molecule has 1 heterocycles. The summed E-state index contributed by atoms with van der Waals surface area (Å²) in [7, 11) is 0. The summed E-state index contributed by atoms with van der Waals surface area (Å²) >= 11 is 0. The molecule has 0 spiro atoms. The molecule has 128 valence electrons. The largest absolute Gasteiger partial charge is 0.368 e. The molecule has 3 rings (SSSR count). The fraction of sp³-hybridized carbons (Fsp3) is 0.211. The van der Waals surface area contributed by atoms with E-state index in [1.165, 1.54) is 11.6 Å². The van der Waals surface area contributed by atoms with Crippen LogP contribution in [0.4, 0.5) is 16.2 Å². The minimum Gasteiger partial charge on any atom is -0.368 e. The van der Waals surface area contributed by atoms with Crippen LogP contribution in [0.25, 0.3) is 0 Å². The number of nitrogens with one attached hydrogen (secondary N) is 2. The highest BCUT2D eigenvalue weighted by molar-refractivity contribution is 5.37. The number of nitrogens with zero attached hydrogens (tertiary/aromatic N) is 3. The molecule has 25 heavy (non-hydrogen) atoms. The van der Waals surface area contributed by atoms with Crippen LogP contribution < -0.4 is 10.6 Å². The van der Waals surface area contributed by atoms with Crippen molar-refractivity contribution in [1.82, 2.24) is 15.2 Å². The Bertz CT molecular complexity index is 795. The third-order valence-corrected chi connectivity index (χ3v) is 3.76. The summed E-state index contributed by atoms with van der Waals surface area (Å²) in [6.07, 6.45) is 3.05. The molecule has 0 aliphatic carbocycles. The first-order valence-electron chi connectivity index (χ1n) is 8.26. The summed E-state index contributed by atoms with van der Waals surface area (Å²) in [5.74, 6) is 0.903. The van der Waals surface area contributed by atoms with Gasteiger partial charge in [0.15, 0.2) is 5.82 Å². The first-order valence-corrected chi connectivity index (χ1v) is 8.26. The standard InChI is InChI=1S/C19H20FN5/c20-17-9-5-4-8-16(17)11-13-22-19-24-18(14-23-25-19)21-12-10-15-6-2-1-3-7-15/h1-9,14H,10-13H2,(H2,21,22,24,25). The molecule has 0 unspecified atom stereocenters. The lowest BCUT2D eigenvalue weighted by Crippen LogP contribution is -2.12. The molecule has 5 nitrogen and oxygen atoms in total. The summed E-state index contributed by atoms with van der Waals surface area (Å²) in [6, 6.07) is 17.0. The number of aromatic nitrogens is 3. The van der Waals surface area contributed by atoms with Crippen molar-refractivity contribution in [2.45, 2.75) is 12.8 Å². The predicted octanol–water partition coefficient (Wildman–Crippen LogP) is 3.32. The van der Waals surface area contributed by atoms with E-state index in [-0.39, 0.29) is 5.82 Å². The van der Waals surface area contributed by atoms with Crippen molar-refractivity contribution in [2.75, 3.05) is 23.7 Å². The number of anilines is 2. The summed E-state index contributed by atoms with van der Waals surface area (Å²) < 4.78 is 13.6. The zero-order chi connectivity index (χ0) is 17.3. The van der Waals surface area contributed by atoms with Crippen LogP contribution in [0.15, 0.2) is 60.8 Å². The van der Waals surface area contributed by atoms with Gasteiger partial charge < -0.3 is 10.6 Å². The zero-order valence-corrected chi connectivity index (χ0v) is 13.8. The van der Waals surface area contributed by atoms with Crippen LogP contribution in [0, 0.1) is 5.82 Å². The molecule has 0 amide bonds. The van der Waals surface area contributed by atoms with E-state index in [1.54, 1.807) is 18.3 Å². The number of hydrogen-bond acceptors (Lipinski definition) is 5. The third kappa shape index (κ3) is 5.24. The summed E-state index contributed by atoms with van der Waals surface area (Å²) in [4.78, 5) is 4.37. The molecule has 6 heteroatoms. The Morgan fingerprint density at radius 3 is 2.44 bits per heavy atom. The molecule has 0 atom stereocenters. The van der Waals surface area contributed by atoms with Gasteiger partial charge in [0.2, 0.25) is 5.95 Å². The van der Waals surface area contributed by atoms with Crippen LogP contribution >= 0.6 is 0 Å². The van der Waals surface area contributed by atoms with Gasteiger partial charge in [-0.1, -0.05) is 48.5 Å². The molecular weight excluding hydrogens is 317 g/mol. The first-order chi connectivity index (χ1) is 12.3. The van der Waals surface area contributed by atoms with Crippen molar-refractivity contribution in [3.8, 4) is 0 Å². The van der Waals surface area contributed by atoms with Crippen molar-refractivity contribution in [2.24, 2.45) is 0 Å². The van der Waals surface area contributed by atoms with Crippen molar-refractivity contribution in [1.29, 1.82) is 0 Å². The van der Waals surface area contributed by atoms with E-state index in [2.05, 4.69) is 37.9 Å². The van der Waals surface area contributed by atoms with Gasteiger partial charge in [-0.05, 0) is 30.0 Å². The van der Waals surface area contributed by atoms with E-state index in [9.17, 15) is 4.39 Å². The lowest BCUT2D eigenvalue weighted by molar-refractivity contribution is 0.610. The van der Waals surface area contributed by atoms with E-state index in [0.717, 1.165) is 13.0 Å². The minimum atomic E-state index is -0.195. The number of hydrogen-bond donors (Lipinski definition) is 2. The number of rotatable bonds is 8. The quantitative estimate of drug-likeness (QED) is 0.660. The van der Waals surface area contributed by atoms with E-state index in [1.807, 2.05) is 24.3 Å². The first kappa shape index (κ1) is 16.8. The summed E-state index contributed by atoms with van der Waals surface area (Å²) in [5, 5.41) is 14.2. The molecule has 0 aliphatic rings. The van der Waals surface area contributed by atoms with Crippen LogP contribution in [0.2, 0.25) is 0 Å². The SMILES string of the molecule is Fc1ccccc1CCNc1nncc(NCCc2ccccc2)n1. The van der Waals surface area contributed by atoms with E-state index in [0.29, 0.717) is 30.3 Å². The molecule has 2 aromatic carbocycles. The van der Waals surface area contributed by atoms with Gasteiger partial charge in [0, 0.05) is 13.1 Å². The van der Waals surface area contributed by atoms with Crippen LogP contribution in [0.1, 0.15) is 11.1 Å². The Kier molecular flexibility index (Phi) is 5.87. The number of halogens is 1. The highest BCUT2D eigenvalue weighted by Gasteiger charge is 2.03. The maximum absolute atomic E-state index is 13.6. The third-order valence-electron chi connectivity index (χ3n) is 3.76. The fourth-order valence-electron chi connectivity index (χ4n) is 2.45. The van der Waals surface area contributed by atoms with Gasteiger partial charge in [-0.15, -0.1) is 5.10 Å². The molecule has 0 saturated carbocycles. The smallest absolute Gasteiger partial charge is 0.244 e. The van der Waals surface area contributed by atoms with Gasteiger partial charge in [-0.2, -0.15) is 10.1 Å². The van der Waals surface area contributed by atoms with E-state index in [4.69, 9.17) is 0 Å². The highest BCUT2D eigenvalue weighted by atomic mass is 19.1. The van der Waals surface area contributed by atoms with Crippen molar-refractivity contribution in [3.05, 3.63) is 77.7 Å². The van der Waals surface area contributed by atoms with Crippen LogP contribution in [-0.2, 0) is 12.8 Å². The Hall–Kier alpha value is -3.02. The Morgan fingerprint density at radius 1 is 0.840 bits per heavy atom. The summed E-state index contributed by atoms with van der Waals surface area (Å²) in [5.41, 5.74) is 1.93. The van der Waals surface area contributed by atoms with Crippen molar-refractivity contribution in [3.63, 3.8) is 0 Å². The second kappa shape index (κ2) is 8.73. The lowest BCUT2D eigenvalue weighted by Gasteiger charge is -2.08. The molecule has 1 aromatic heterocycles. The lowest BCUT2D eigenvalue weighted by atomic mass is 10.1. The highest BCUT2D eigenvalue weighted by Crippen LogP contribution is 2.08. The Labute approximate surface area is 146 Å². The Balaban J connectivity index is 1.47. The molecular formula is C19H20FN5. The fourth-order valence-corrected chi connectivity index (χ4v) is 2.45. The van der Waals surface area contributed by atoms with Gasteiger partial charge in [-0.3, -0.25) is 0 Å². The van der Waals surface area contributed by atoms with Gasteiger partial charge in [0.25, 0.3) is 0 Å². The van der Waals surface area contributed by atoms with E-state index >= 15 is 0 Å². The number of benzene rings is 2. The molecule has 0 fully saturated rings. The maximum Gasteiger partial charge on any atom is 0.244 e. The molecule has 3 aromatic rings.